The maximum Gasteiger partial charge on any atom is 0.344 e. The Balaban J connectivity index is 1.69. The molecule has 7 heteroatoms. The van der Waals surface area contributed by atoms with Crippen molar-refractivity contribution in [1.82, 2.24) is 20.7 Å². The third-order valence-electron chi connectivity index (χ3n) is 5.19. The fraction of sp³-hybridized carbons (Fsp3) is 0.526. The minimum absolute atomic E-state index is 0.196. The van der Waals surface area contributed by atoms with E-state index in [-0.39, 0.29) is 12.5 Å². The van der Waals surface area contributed by atoms with Crippen LogP contribution in [0.3, 0.4) is 0 Å². The molecular formula is C19H26N4O3. The first kappa shape index (κ1) is 18.4. The Morgan fingerprint density at radius 2 is 1.77 bits per heavy atom. The molecule has 2 aliphatic rings. The average Bonchev–Trinajstić information content (AvgIpc) is 2.82. The highest BCUT2D eigenvalue weighted by Gasteiger charge is 2.52. The molecule has 0 aliphatic carbocycles. The van der Waals surface area contributed by atoms with Crippen molar-refractivity contribution < 1.29 is 14.4 Å². The van der Waals surface area contributed by atoms with Crippen molar-refractivity contribution in [3.63, 3.8) is 0 Å². The van der Waals surface area contributed by atoms with Gasteiger partial charge in [0.25, 0.3) is 11.8 Å². The molecule has 0 bridgehead atoms. The minimum atomic E-state index is -1.13. The fourth-order valence-electron chi connectivity index (χ4n) is 3.70. The van der Waals surface area contributed by atoms with Crippen molar-refractivity contribution in [2.75, 3.05) is 19.6 Å². The van der Waals surface area contributed by atoms with Crippen LogP contribution in [-0.2, 0) is 15.1 Å². The number of amides is 4. The molecule has 2 heterocycles. The van der Waals surface area contributed by atoms with Gasteiger partial charge in [-0.15, -0.1) is 0 Å². The van der Waals surface area contributed by atoms with Gasteiger partial charge in [0.2, 0.25) is 0 Å². The maximum atomic E-state index is 13.0. The van der Waals surface area contributed by atoms with Crippen LogP contribution in [0.2, 0.25) is 0 Å². The fourth-order valence-corrected chi connectivity index (χ4v) is 3.70. The second-order valence-corrected chi connectivity index (χ2v) is 6.92. The first-order chi connectivity index (χ1) is 12.6. The van der Waals surface area contributed by atoms with Crippen molar-refractivity contribution in [2.24, 2.45) is 0 Å². The predicted octanol–water partition coefficient (Wildman–Crippen LogP) is 1.75. The summed E-state index contributed by atoms with van der Waals surface area (Å²) in [7, 11) is 0. The molecule has 1 aromatic carbocycles. The van der Waals surface area contributed by atoms with Crippen molar-refractivity contribution in [3.8, 4) is 0 Å². The number of nitrogens with zero attached hydrogens (tertiary/aromatic N) is 2. The molecule has 0 unspecified atom stereocenters. The van der Waals surface area contributed by atoms with Crippen molar-refractivity contribution in [2.45, 2.75) is 44.6 Å². The number of benzene rings is 1. The molecule has 0 spiro atoms. The molecule has 2 fully saturated rings. The number of carbonyl (C=O) groups excluding carboxylic acids is 3. The quantitative estimate of drug-likeness (QED) is 0.786. The summed E-state index contributed by atoms with van der Waals surface area (Å²) in [5.41, 5.74) is 2.08. The maximum absolute atomic E-state index is 13.0. The molecule has 2 saturated heterocycles. The molecule has 2 aliphatic heterocycles. The summed E-state index contributed by atoms with van der Waals surface area (Å²) in [5.74, 6) is -0.782. The van der Waals surface area contributed by atoms with E-state index in [1.165, 1.54) is 12.8 Å². The monoisotopic (exact) mass is 358 g/mol. The standard InChI is InChI=1S/C19H26N4O3/c1-2-19(15-10-6-5-7-11-15)17(25)23(18(26)20-19)21-16(24)14-22-12-8-3-4-9-13-22/h5-7,10-11H,2-4,8-9,12-14H2,1H3,(H,20,26)(H,21,24)/t19-/m0/s1. The highest BCUT2D eigenvalue weighted by atomic mass is 16.2. The van der Waals surface area contributed by atoms with Gasteiger partial charge in [0.1, 0.15) is 5.54 Å². The van der Waals surface area contributed by atoms with Gasteiger partial charge in [-0.05, 0) is 37.9 Å². The zero-order valence-corrected chi connectivity index (χ0v) is 15.2. The molecule has 3 rings (SSSR count). The second kappa shape index (κ2) is 7.86. The van der Waals surface area contributed by atoms with E-state index in [0.29, 0.717) is 12.0 Å². The lowest BCUT2D eigenvalue weighted by Gasteiger charge is -2.26. The van der Waals surface area contributed by atoms with E-state index in [2.05, 4.69) is 15.6 Å². The Hall–Kier alpha value is -2.41. The lowest BCUT2D eigenvalue weighted by atomic mass is 9.87. The summed E-state index contributed by atoms with van der Waals surface area (Å²) < 4.78 is 0. The highest BCUT2D eigenvalue weighted by molar-refractivity contribution is 6.08. The van der Waals surface area contributed by atoms with E-state index in [4.69, 9.17) is 0 Å². The molecule has 4 amide bonds. The summed E-state index contributed by atoms with van der Waals surface area (Å²) in [6, 6.07) is 8.54. The number of urea groups is 1. The number of likely N-dealkylation sites (tertiary alicyclic amines) is 1. The molecule has 140 valence electrons. The SMILES string of the molecule is CC[C@@]1(c2ccccc2)NC(=O)N(NC(=O)CN2CCCCCC2)C1=O. The van der Waals surface area contributed by atoms with Crippen LogP contribution in [0.4, 0.5) is 4.79 Å². The summed E-state index contributed by atoms with van der Waals surface area (Å²) in [6.07, 6.45) is 4.91. The van der Waals surface area contributed by atoms with Crippen molar-refractivity contribution >= 4 is 17.8 Å². The molecular weight excluding hydrogens is 332 g/mol. The summed E-state index contributed by atoms with van der Waals surface area (Å²) in [6.45, 7) is 3.78. The van der Waals surface area contributed by atoms with Crippen LogP contribution in [0.1, 0.15) is 44.6 Å². The van der Waals surface area contributed by atoms with Gasteiger partial charge >= 0.3 is 6.03 Å². The molecule has 0 aromatic heterocycles. The average molecular weight is 358 g/mol. The first-order valence-electron chi connectivity index (χ1n) is 9.31. The van der Waals surface area contributed by atoms with Gasteiger partial charge in [0.05, 0.1) is 6.54 Å². The van der Waals surface area contributed by atoms with Gasteiger partial charge in [-0.1, -0.05) is 50.1 Å². The van der Waals surface area contributed by atoms with Crippen LogP contribution in [0.15, 0.2) is 30.3 Å². The van der Waals surface area contributed by atoms with Crippen LogP contribution in [0, 0.1) is 0 Å². The number of carbonyl (C=O) groups is 3. The third-order valence-corrected chi connectivity index (χ3v) is 5.19. The van der Waals surface area contributed by atoms with E-state index < -0.39 is 17.5 Å². The van der Waals surface area contributed by atoms with E-state index in [9.17, 15) is 14.4 Å². The van der Waals surface area contributed by atoms with E-state index in [0.717, 1.165) is 30.9 Å². The third kappa shape index (κ3) is 3.58. The van der Waals surface area contributed by atoms with Crippen LogP contribution >= 0.6 is 0 Å². The Morgan fingerprint density at radius 3 is 2.38 bits per heavy atom. The number of hydrazine groups is 1. The van der Waals surface area contributed by atoms with Crippen LogP contribution in [0.5, 0.6) is 0 Å². The van der Waals surface area contributed by atoms with Crippen molar-refractivity contribution in [1.29, 1.82) is 0 Å². The Kier molecular flexibility index (Phi) is 5.56. The Labute approximate surface area is 153 Å². The summed E-state index contributed by atoms with van der Waals surface area (Å²) in [5, 5.41) is 3.59. The lowest BCUT2D eigenvalue weighted by molar-refractivity contribution is -0.139. The number of hydrogen-bond donors (Lipinski definition) is 2. The second-order valence-electron chi connectivity index (χ2n) is 6.92. The molecule has 0 radical (unpaired) electrons. The zero-order chi connectivity index (χ0) is 18.6. The molecule has 0 saturated carbocycles. The number of rotatable bonds is 5. The summed E-state index contributed by atoms with van der Waals surface area (Å²) >= 11 is 0. The largest absolute Gasteiger partial charge is 0.344 e. The van der Waals surface area contributed by atoms with Gasteiger partial charge < -0.3 is 5.32 Å². The number of imide groups is 1. The Morgan fingerprint density at radius 1 is 1.12 bits per heavy atom. The topological polar surface area (TPSA) is 81.8 Å². The lowest BCUT2D eigenvalue weighted by Crippen LogP contribution is -2.51. The van der Waals surface area contributed by atoms with E-state index >= 15 is 0 Å². The normalized spacial score (nSPS) is 24.3. The van der Waals surface area contributed by atoms with E-state index in [1.807, 2.05) is 37.3 Å². The number of nitrogens with one attached hydrogen (secondary N) is 2. The van der Waals surface area contributed by atoms with Crippen LogP contribution < -0.4 is 10.7 Å². The van der Waals surface area contributed by atoms with Crippen molar-refractivity contribution in [3.05, 3.63) is 35.9 Å². The van der Waals surface area contributed by atoms with Gasteiger partial charge in [-0.3, -0.25) is 19.9 Å². The van der Waals surface area contributed by atoms with Gasteiger partial charge in [0.15, 0.2) is 0 Å². The van der Waals surface area contributed by atoms with Gasteiger partial charge in [-0.2, -0.15) is 5.01 Å². The smallest absolute Gasteiger partial charge is 0.318 e. The molecule has 7 nitrogen and oxygen atoms in total. The first-order valence-corrected chi connectivity index (χ1v) is 9.31. The molecule has 26 heavy (non-hydrogen) atoms. The molecule has 1 atom stereocenters. The van der Waals surface area contributed by atoms with Crippen LogP contribution in [0.25, 0.3) is 0 Å². The number of hydrogen-bond acceptors (Lipinski definition) is 4. The predicted molar refractivity (Wildman–Crippen MR) is 96.8 cm³/mol. The Bertz CT molecular complexity index is 671. The van der Waals surface area contributed by atoms with Gasteiger partial charge in [0, 0.05) is 0 Å². The highest BCUT2D eigenvalue weighted by Crippen LogP contribution is 2.31. The molecule has 2 N–H and O–H groups in total. The zero-order valence-electron chi connectivity index (χ0n) is 15.2. The minimum Gasteiger partial charge on any atom is -0.318 e. The summed E-state index contributed by atoms with van der Waals surface area (Å²) in [4.78, 5) is 39.8. The van der Waals surface area contributed by atoms with Gasteiger partial charge in [-0.25, -0.2) is 4.79 Å². The van der Waals surface area contributed by atoms with Crippen LogP contribution in [-0.4, -0.2) is 47.4 Å². The van der Waals surface area contributed by atoms with E-state index in [1.54, 1.807) is 0 Å². The molecule has 1 aromatic rings.